The largest absolute Gasteiger partial charge is 0.489 e. The number of hydrogen-bond acceptors (Lipinski definition) is 2. The van der Waals surface area contributed by atoms with Gasteiger partial charge in [-0.2, -0.15) is 0 Å². The van der Waals surface area contributed by atoms with Crippen molar-refractivity contribution in [3.8, 4) is 5.75 Å². The van der Waals surface area contributed by atoms with Crippen LogP contribution in [0.3, 0.4) is 0 Å². The van der Waals surface area contributed by atoms with Gasteiger partial charge in [-0.05, 0) is 17.7 Å². The van der Waals surface area contributed by atoms with Crippen LogP contribution in [0.5, 0.6) is 5.75 Å². The van der Waals surface area contributed by atoms with Crippen LogP contribution in [0.4, 0.5) is 0 Å². The first-order chi connectivity index (χ1) is 10.3. The predicted molar refractivity (Wildman–Crippen MR) is 89.4 cm³/mol. The van der Waals surface area contributed by atoms with Crippen molar-refractivity contribution >= 4 is 6.08 Å². The SMILES string of the molecule is CC(C)NCc1ccccc1OC/C=C/c1ccccc1. The number of benzene rings is 2. The zero-order chi connectivity index (χ0) is 14.9. The first kappa shape index (κ1) is 15.3. The molecule has 1 N–H and O–H groups in total. The summed E-state index contributed by atoms with van der Waals surface area (Å²) in [6, 6.07) is 18.9. The maximum Gasteiger partial charge on any atom is 0.124 e. The Kier molecular flexibility index (Phi) is 6.04. The maximum absolute atomic E-state index is 5.86. The van der Waals surface area contributed by atoms with Gasteiger partial charge in [-0.25, -0.2) is 0 Å². The third kappa shape index (κ3) is 5.44. The van der Waals surface area contributed by atoms with Crippen molar-refractivity contribution in [3.63, 3.8) is 0 Å². The van der Waals surface area contributed by atoms with Crippen LogP contribution < -0.4 is 10.1 Å². The molecule has 2 aromatic carbocycles. The normalized spacial score (nSPS) is 11.2. The molecule has 0 spiro atoms. The smallest absolute Gasteiger partial charge is 0.124 e. The van der Waals surface area contributed by atoms with Gasteiger partial charge in [0.2, 0.25) is 0 Å². The molecule has 0 radical (unpaired) electrons. The Morgan fingerprint density at radius 2 is 1.71 bits per heavy atom. The molecule has 0 atom stereocenters. The van der Waals surface area contributed by atoms with E-state index in [1.54, 1.807) is 0 Å². The summed E-state index contributed by atoms with van der Waals surface area (Å²) in [5.74, 6) is 0.948. The van der Waals surface area contributed by atoms with E-state index in [9.17, 15) is 0 Å². The lowest BCUT2D eigenvalue weighted by atomic mass is 10.2. The Morgan fingerprint density at radius 3 is 2.48 bits per heavy atom. The van der Waals surface area contributed by atoms with E-state index in [4.69, 9.17) is 4.74 Å². The average Bonchev–Trinajstić information content (AvgIpc) is 2.51. The molecule has 2 rings (SSSR count). The van der Waals surface area contributed by atoms with E-state index < -0.39 is 0 Å². The Morgan fingerprint density at radius 1 is 1.00 bits per heavy atom. The summed E-state index contributed by atoms with van der Waals surface area (Å²) >= 11 is 0. The number of para-hydroxylation sites is 1. The van der Waals surface area contributed by atoms with Crippen molar-refractivity contribution < 1.29 is 4.74 Å². The quantitative estimate of drug-likeness (QED) is 0.818. The van der Waals surface area contributed by atoms with Gasteiger partial charge in [0, 0.05) is 18.2 Å². The lowest BCUT2D eigenvalue weighted by Gasteiger charge is -2.12. The Bertz CT molecular complexity index is 561. The fraction of sp³-hybridized carbons (Fsp3) is 0.263. The molecule has 2 heteroatoms. The molecular weight excluding hydrogens is 258 g/mol. The maximum atomic E-state index is 5.86. The van der Waals surface area contributed by atoms with Gasteiger partial charge in [-0.15, -0.1) is 0 Å². The van der Waals surface area contributed by atoms with E-state index in [0.29, 0.717) is 12.6 Å². The number of ether oxygens (including phenoxy) is 1. The molecule has 0 aromatic heterocycles. The highest BCUT2D eigenvalue weighted by Crippen LogP contribution is 2.18. The van der Waals surface area contributed by atoms with Crippen LogP contribution in [0, 0.1) is 0 Å². The standard InChI is InChI=1S/C19H23NO/c1-16(2)20-15-18-12-6-7-13-19(18)21-14-8-11-17-9-4-3-5-10-17/h3-13,16,20H,14-15H2,1-2H3/b11-8+. The summed E-state index contributed by atoms with van der Waals surface area (Å²) in [5, 5.41) is 3.42. The van der Waals surface area contributed by atoms with E-state index in [1.807, 2.05) is 42.5 Å². The fourth-order valence-corrected chi connectivity index (χ4v) is 1.99. The zero-order valence-corrected chi connectivity index (χ0v) is 12.8. The van der Waals surface area contributed by atoms with Gasteiger partial charge in [-0.1, -0.05) is 68.5 Å². The van der Waals surface area contributed by atoms with Crippen LogP contribution >= 0.6 is 0 Å². The topological polar surface area (TPSA) is 21.3 Å². The molecule has 0 aliphatic rings. The van der Waals surface area contributed by atoms with Gasteiger partial charge in [0.15, 0.2) is 0 Å². The van der Waals surface area contributed by atoms with Crippen molar-refractivity contribution in [2.24, 2.45) is 0 Å². The van der Waals surface area contributed by atoms with Gasteiger partial charge in [0.05, 0.1) is 0 Å². The van der Waals surface area contributed by atoms with Gasteiger partial charge in [0.25, 0.3) is 0 Å². The summed E-state index contributed by atoms with van der Waals surface area (Å²) in [6.45, 7) is 5.70. The minimum absolute atomic E-state index is 0.469. The molecule has 2 nitrogen and oxygen atoms in total. The molecule has 110 valence electrons. The van der Waals surface area contributed by atoms with E-state index in [-0.39, 0.29) is 0 Å². The second-order valence-corrected chi connectivity index (χ2v) is 5.27. The van der Waals surface area contributed by atoms with E-state index in [0.717, 1.165) is 12.3 Å². The number of rotatable bonds is 7. The van der Waals surface area contributed by atoms with Crippen molar-refractivity contribution in [2.75, 3.05) is 6.61 Å². The van der Waals surface area contributed by atoms with Crippen LogP contribution in [0.2, 0.25) is 0 Å². The van der Waals surface area contributed by atoms with Crippen molar-refractivity contribution in [2.45, 2.75) is 26.4 Å². The summed E-state index contributed by atoms with van der Waals surface area (Å²) in [6.07, 6.45) is 4.12. The predicted octanol–water partition coefficient (Wildman–Crippen LogP) is 4.28. The summed E-state index contributed by atoms with van der Waals surface area (Å²) in [4.78, 5) is 0. The molecule has 21 heavy (non-hydrogen) atoms. The Balaban J connectivity index is 1.89. The second-order valence-electron chi connectivity index (χ2n) is 5.27. The first-order valence-corrected chi connectivity index (χ1v) is 7.41. The third-order valence-corrected chi connectivity index (χ3v) is 3.12. The molecule has 0 unspecified atom stereocenters. The third-order valence-electron chi connectivity index (χ3n) is 3.12. The Labute approximate surface area is 127 Å². The van der Waals surface area contributed by atoms with Crippen LogP contribution in [-0.2, 0) is 6.54 Å². The van der Waals surface area contributed by atoms with Crippen molar-refractivity contribution in [1.82, 2.24) is 5.32 Å². The highest BCUT2D eigenvalue weighted by atomic mass is 16.5. The molecular formula is C19H23NO. The molecule has 0 aliphatic heterocycles. The van der Waals surface area contributed by atoms with Gasteiger partial charge < -0.3 is 10.1 Å². The fourth-order valence-electron chi connectivity index (χ4n) is 1.99. The minimum Gasteiger partial charge on any atom is -0.489 e. The molecule has 0 saturated heterocycles. The lowest BCUT2D eigenvalue weighted by molar-refractivity contribution is 0.357. The number of hydrogen-bond donors (Lipinski definition) is 1. The van der Waals surface area contributed by atoms with Crippen LogP contribution in [-0.4, -0.2) is 12.6 Å². The summed E-state index contributed by atoms with van der Waals surface area (Å²) in [5.41, 5.74) is 2.38. The molecule has 0 fully saturated rings. The van der Waals surface area contributed by atoms with E-state index in [2.05, 4.69) is 43.4 Å². The monoisotopic (exact) mass is 281 g/mol. The van der Waals surface area contributed by atoms with E-state index >= 15 is 0 Å². The summed E-state index contributed by atoms with van der Waals surface area (Å²) < 4.78 is 5.86. The minimum atomic E-state index is 0.469. The van der Waals surface area contributed by atoms with Gasteiger partial charge in [-0.3, -0.25) is 0 Å². The lowest BCUT2D eigenvalue weighted by Crippen LogP contribution is -2.22. The highest BCUT2D eigenvalue weighted by Gasteiger charge is 2.02. The van der Waals surface area contributed by atoms with Gasteiger partial charge >= 0.3 is 0 Å². The molecule has 2 aromatic rings. The second kappa shape index (κ2) is 8.28. The molecule has 0 amide bonds. The van der Waals surface area contributed by atoms with E-state index in [1.165, 1.54) is 11.1 Å². The average molecular weight is 281 g/mol. The van der Waals surface area contributed by atoms with Gasteiger partial charge in [0.1, 0.15) is 12.4 Å². The van der Waals surface area contributed by atoms with Crippen molar-refractivity contribution in [1.29, 1.82) is 0 Å². The van der Waals surface area contributed by atoms with Crippen LogP contribution in [0.1, 0.15) is 25.0 Å². The van der Waals surface area contributed by atoms with Crippen molar-refractivity contribution in [3.05, 3.63) is 71.8 Å². The Hall–Kier alpha value is -2.06. The van der Waals surface area contributed by atoms with Crippen LogP contribution in [0.25, 0.3) is 6.08 Å². The molecule has 0 aliphatic carbocycles. The highest BCUT2D eigenvalue weighted by molar-refractivity contribution is 5.48. The first-order valence-electron chi connectivity index (χ1n) is 7.41. The summed E-state index contributed by atoms with van der Waals surface area (Å²) in [7, 11) is 0. The van der Waals surface area contributed by atoms with Crippen LogP contribution in [0.15, 0.2) is 60.7 Å². The zero-order valence-electron chi connectivity index (χ0n) is 12.8. The molecule has 0 heterocycles. The molecule has 0 saturated carbocycles. The molecule has 0 bridgehead atoms. The number of nitrogens with one attached hydrogen (secondary N) is 1.